The zero-order valence-electron chi connectivity index (χ0n) is 8.93. The molecule has 14 heavy (non-hydrogen) atoms. The predicted molar refractivity (Wildman–Crippen MR) is 59.8 cm³/mol. The van der Waals surface area contributed by atoms with Crippen LogP contribution >= 0.6 is 11.6 Å². The molecular formula is C12H21ClO. The van der Waals surface area contributed by atoms with Crippen molar-refractivity contribution in [2.24, 2.45) is 11.3 Å². The van der Waals surface area contributed by atoms with Crippen molar-refractivity contribution >= 4 is 11.6 Å². The average Bonchev–Trinajstić information content (AvgIpc) is 2.69. The van der Waals surface area contributed by atoms with Gasteiger partial charge in [0.25, 0.3) is 0 Å². The Hall–Kier alpha value is 0.250. The lowest BCUT2D eigenvalue weighted by Gasteiger charge is -2.33. The molecule has 0 aromatic carbocycles. The summed E-state index contributed by atoms with van der Waals surface area (Å²) in [4.78, 5) is 0. The van der Waals surface area contributed by atoms with Gasteiger partial charge in [0, 0.05) is 19.1 Å². The van der Waals surface area contributed by atoms with E-state index in [-0.39, 0.29) is 0 Å². The van der Waals surface area contributed by atoms with Gasteiger partial charge in [-0.15, -0.1) is 11.6 Å². The third kappa shape index (κ3) is 2.43. The van der Waals surface area contributed by atoms with Crippen molar-refractivity contribution in [2.45, 2.75) is 44.9 Å². The maximum absolute atomic E-state index is 6.15. The Labute approximate surface area is 92.2 Å². The molecule has 1 saturated carbocycles. The number of hydrogen-bond acceptors (Lipinski definition) is 1. The maximum Gasteiger partial charge on any atom is 0.0468 e. The zero-order chi connectivity index (χ0) is 9.86. The molecule has 1 saturated heterocycles. The first-order valence-electron chi connectivity index (χ1n) is 5.98. The first kappa shape index (κ1) is 10.8. The van der Waals surface area contributed by atoms with E-state index in [1.165, 1.54) is 44.9 Å². The van der Waals surface area contributed by atoms with Gasteiger partial charge in [0.1, 0.15) is 0 Å². The van der Waals surface area contributed by atoms with Crippen LogP contribution in [0, 0.1) is 11.3 Å². The Bertz CT molecular complexity index is 169. The third-order valence-electron chi connectivity index (χ3n) is 4.01. The normalized spacial score (nSPS) is 28.1. The standard InChI is InChI=1S/C12H21ClO/c13-10-12(5-1-2-6-12)9-11-3-7-14-8-4-11/h11H,1-10H2. The maximum atomic E-state index is 6.15. The monoisotopic (exact) mass is 216 g/mol. The van der Waals surface area contributed by atoms with Gasteiger partial charge in [0.2, 0.25) is 0 Å². The van der Waals surface area contributed by atoms with Gasteiger partial charge in [-0.3, -0.25) is 0 Å². The van der Waals surface area contributed by atoms with Crippen molar-refractivity contribution in [2.75, 3.05) is 19.1 Å². The summed E-state index contributed by atoms with van der Waals surface area (Å²) in [6.45, 7) is 1.95. The minimum atomic E-state index is 0.504. The fraction of sp³-hybridized carbons (Fsp3) is 1.00. The largest absolute Gasteiger partial charge is 0.381 e. The molecule has 0 amide bonds. The number of alkyl halides is 1. The average molecular weight is 217 g/mol. The van der Waals surface area contributed by atoms with Gasteiger partial charge in [0.15, 0.2) is 0 Å². The van der Waals surface area contributed by atoms with Crippen LogP contribution in [0.5, 0.6) is 0 Å². The topological polar surface area (TPSA) is 9.23 Å². The van der Waals surface area contributed by atoms with E-state index in [1.54, 1.807) is 0 Å². The summed E-state index contributed by atoms with van der Waals surface area (Å²) in [5, 5.41) is 0. The Morgan fingerprint density at radius 2 is 1.79 bits per heavy atom. The molecular weight excluding hydrogens is 196 g/mol. The second kappa shape index (κ2) is 4.85. The molecule has 82 valence electrons. The number of ether oxygens (including phenoxy) is 1. The molecule has 1 heterocycles. The van der Waals surface area contributed by atoms with Gasteiger partial charge in [0.05, 0.1) is 0 Å². The van der Waals surface area contributed by atoms with Gasteiger partial charge < -0.3 is 4.74 Å². The van der Waals surface area contributed by atoms with Gasteiger partial charge in [-0.05, 0) is 43.4 Å². The van der Waals surface area contributed by atoms with Crippen LogP contribution in [0.4, 0.5) is 0 Å². The fourth-order valence-corrected chi connectivity index (χ4v) is 3.46. The second-order valence-electron chi connectivity index (χ2n) is 5.10. The van der Waals surface area contributed by atoms with E-state index in [9.17, 15) is 0 Å². The number of rotatable bonds is 3. The molecule has 2 aliphatic rings. The highest BCUT2D eigenvalue weighted by molar-refractivity contribution is 6.18. The van der Waals surface area contributed by atoms with Crippen molar-refractivity contribution < 1.29 is 4.74 Å². The van der Waals surface area contributed by atoms with Crippen molar-refractivity contribution in [3.63, 3.8) is 0 Å². The summed E-state index contributed by atoms with van der Waals surface area (Å²) in [5.41, 5.74) is 0.504. The summed E-state index contributed by atoms with van der Waals surface area (Å²) >= 11 is 6.15. The van der Waals surface area contributed by atoms with Crippen LogP contribution in [0.15, 0.2) is 0 Å². The van der Waals surface area contributed by atoms with Crippen LogP contribution in [-0.4, -0.2) is 19.1 Å². The lowest BCUT2D eigenvalue weighted by atomic mass is 9.77. The highest BCUT2D eigenvalue weighted by Crippen LogP contribution is 2.45. The zero-order valence-corrected chi connectivity index (χ0v) is 9.69. The smallest absolute Gasteiger partial charge is 0.0468 e. The van der Waals surface area contributed by atoms with Crippen LogP contribution in [0.25, 0.3) is 0 Å². The fourth-order valence-electron chi connectivity index (χ4n) is 3.08. The molecule has 0 N–H and O–H groups in total. The Balaban J connectivity index is 1.86. The Morgan fingerprint density at radius 3 is 2.36 bits per heavy atom. The lowest BCUT2D eigenvalue weighted by Crippen LogP contribution is -2.26. The van der Waals surface area contributed by atoms with Crippen LogP contribution in [0.3, 0.4) is 0 Å². The van der Waals surface area contributed by atoms with E-state index < -0.39 is 0 Å². The Kier molecular flexibility index (Phi) is 3.73. The SMILES string of the molecule is ClCC1(CC2CCOCC2)CCCC1. The summed E-state index contributed by atoms with van der Waals surface area (Å²) in [6, 6.07) is 0. The van der Waals surface area contributed by atoms with Crippen LogP contribution in [0.1, 0.15) is 44.9 Å². The first-order chi connectivity index (χ1) is 6.85. The van der Waals surface area contributed by atoms with Gasteiger partial charge in [-0.1, -0.05) is 12.8 Å². The molecule has 0 spiro atoms. The third-order valence-corrected chi connectivity index (χ3v) is 4.58. The molecule has 0 aromatic heterocycles. The summed E-state index contributed by atoms with van der Waals surface area (Å²) in [5.74, 6) is 1.77. The van der Waals surface area contributed by atoms with E-state index in [0.717, 1.165) is 25.0 Å². The summed E-state index contributed by atoms with van der Waals surface area (Å²) < 4.78 is 5.40. The predicted octanol–water partition coefficient (Wildman–Crippen LogP) is 3.60. The van der Waals surface area contributed by atoms with E-state index in [4.69, 9.17) is 16.3 Å². The molecule has 0 aromatic rings. The molecule has 1 aliphatic heterocycles. The number of halogens is 1. The molecule has 2 rings (SSSR count). The molecule has 2 heteroatoms. The second-order valence-corrected chi connectivity index (χ2v) is 5.37. The van der Waals surface area contributed by atoms with E-state index in [1.807, 2.05) is 0 Å². The quantitative estimate of drug-likeness (QED) is 0.655. The van der Waals surface area contributed by atoms with E-state index in [2.05, 4.69) is 0 Å². The molecule has 0 atom stereocenters. The molecule has 1 aliphatic carbocycles. The van der Waals surface area contributed by atoms with Crippen LogP contribution in [-0.2, 0) is 4.74 Å². The van der Waals surface area contributed by atoms with Crippen LogP contribution < -0.4 is 0 Å². The van der Waals surface area contributed by atoms with Crippen LogP contribution in [0.2, 0.25) is 0 Å². The molecule has 0 radical (unpaired) electrons. The van der Waals surface area contributed by atoms with Crippen molar-refractivity contribution in [1.29, 1.82) is 0 Å². The van der Waals surface area contributed by atoms with E-state index >= 15 is 0 Å². The first-order valence-corrected chi connectivity index (χ1v) is 6.52. The number of hydrogen-bond donors (Lipinski definition) is 0. The minimum absolute atomic E-state index is 0.504. The Morgan fingerprint density at radius 1 is 1.14 bits per heavy atom. The molecule has 2 fully saturated rings. The van der Waals surface area contributed by atoms with Gasteiger partial charge in [-0.2, -0.15) is 0 Å². The van der Waals surface area contributed by atoms with Crippen molar-refractivity contribution in [1.82, 2.24) is 0 Å². The lowest BCUT2D eigenvalue weighted by molar-refractivity contribution is 0.0502. The highest BCUT2D eigenvalue weighted by atomic mass is 35.5. The van der Waals surface area contributed by atoms with Gasteiger partial charge >= 0.3 is 0 Å². The van der Waals surface area contributed by atoms with Gasteiger partial charge in [-0.25, -0.2) is 0 Å². The summed E-state index contributed by atoms with van der Waals surface area (Å²) in [7, 11) is 0. The van der Waals surface area contributed by atoms with Crippen molar-refractivity contribution in [3.8, 4) is 0 Å². The van der Waals surface area contributed by atoms with Crippen molar-refractivity contribution in [3.05, 3.63) is 0 Å². The molecule has 0 bridgehead atoms. The van der Waals surface area contributed by atoms with E-state index in [0.29, 0.717) is 5.41 Å². The summed E-state index contributed by atoms with van der Waals surface area (Å²) in [6.07, 6.45) is 9.42. The molecule has 1 nitrogen and oxygen atoms in total. The highest BCUT2D eigenvalue weighted by Gasteiger charge is 2.35. The molecule has 0 unspecified atom stereocenters. The minimum Gasteiger partial charge on any atom is -0.381 e.